The molecule has 2 N–H and O–H groups in total. The number of rotatable bonds is 2. The van der Waals surface area contributed by atoms with Gasteiger partial charge in [-0.1, -0.05) is 0 Å². The third-order valence-corrected chi connectivity index (χ3v) is 3.55. The molecular formula is C11H23N3O. The molecule has 0 saturated carbocycles. The lowest BCUT2D eigenvalue weighted by Crippen LogP contribution is -2.45. The molecule has 0 bridgehead atoms. The van der Waals surface area contributed by atoms with Crippen molar-refractivity contribution in [3.63, 3.8) is 0 Å². The average molecular weight is 213 g/mol. The molecule has 0 aromatic heterocycles. The summed E-state index contributed by atoms with van der Waals surface area (Å²) in [6.07, 6.45) is 2.12. The molecule has 4 heteroatoms. The first-order chi connectivity index (χ1) is 7.18. The van der Waals surface area contributed by atoms with E-state index in [-0.39, 0.29) is 0 Å². The molecule has 0 amide bonds. The second-order valence-electron chi connectivity index (χ2n) is 5.08. The van der Waals surface area contributed by atoms with Crippen LogP contribution in [-0.2, 0) is 0 Å². The van der Waals surface area contributed by atoms with Crippen LogP contribution in [0.1, 0.15) is 12.8 Å². The Labute approximate surface area is 92.2 Å². The molecule has 0 aromatic carbocycles. The Bertz CT molecular complexity index is 204. The Morgan fingerprint density at radius 1 is 1.27 bits per heavy atom. The Morgan fingerprint density at radius 2 is 2.13 bits per heavy atom. The van der Waals surface area contributed by atoms with Crippen LogP contribution < -0.4 is 5.32 Å². The van der Waals surface area contributed by atoms with Gasteiger partial charge in [-0.25, -0.2) is 0 Å². The predicted octanol–water partition coefficient (Wildman–Crippen LogP) is -0.652. The number of likely N-dealkylation sites (N-methyl/N-ethyl adjacent to an activating group) is 1. The lowest BCUT2D eigenvalue weighted by Gasteiger charge is -2.29. The highest BCUT2D eigenvalue weighted by Gasteiger charge is 2.33. The molecule has 2 rings (SSSR count). The second-order valence-corrected chi connectivity index (χ2v) is 5.08. The molecule has 1 atom stereocenters. The van der Waals surface area contributed by atoms with Gasteiger partial charge in [-0.3, -0.25) is 4.90 Å². The standard InChI is InChI=1S/C11H23N3O/c1-13-5-2-6-14(8-7-13)10-11(15)3-4-12-9-11/h12,15H,2-10H2,1H3/t11-/m0/s1. The first-order valence-corrected chi connectivity index (χ1v) is 6.02. The molecule has 2 saturated heterocycles. The van der Waals surface area contributed by atoms with Crippen molar-refractivity contribution in [2.45, 2.75) is 18.4 Å². The SMILES string of the molecule is CN1CCCN(C[C@]2(O)CCNC2)CC1. The van der Waals surface area contributed by atoms with Gasteiger partial charge in [0.2, 0.25) is 0 Å². The molecule has 4 nitrogen and oxygen atoms in total. The third kappa shape index (κ3) is 3.14. The summed E-state index contributed by atoms with van der Waals surface area (Å²) in [5.41, 5.74) is -0.469. The summed E-state index contributed by atoms with van der Waals surface area (Å²) in [7, 11) is 2.18. The van der Waals surface area contributed by atoms with E-state index in [1.54, 1.807) is 0 Å². The van der Waals surface area contributed by atoms with Gasteiger partial charge in [-0.15, -0.1) is 0 Å². The largest absolute Gasteiger partial charge is 0.387 e. The highest BCUT2D eigenvalue weighted by atomic mass is 16.3. The molecule has 2 aliphatic rings. The average Bonchev–Trinajstić information content (AvgIpc) is 2.51. The maximum absolute atomic E-state index is 10.3. The maximum atomic E-state index is 10.3. The summed E-state index contributed by atoms with van der Waals surface area (Å²) >= 11 is 0. The monoisotopic (exact) mass is 213 g/mol. The van der Waals surface area contributed by atoms with Crippen LogP contribution in [0, 0.1) is 0 Å². The number of β-amino-alcohol motifs (C(OH)–C–C–N with tert-alkyl or cyclic N) is 1. The van der Waals surface area contributed by atoms with Crippen LogP contribution in [0.4, 0.5) is 0 Å². The van der Waals surface area contributed by atoms with E-state index in [9.17, 15) is 5.11 Å². The Hall–Kier alpha value is -0.160. The molecule has 0 unspecified atom stereocenters. The highest BCUT2D eigenvalue weighted by Crippen LogP contribution is 2.16. The number of nitrogens with one attached hydrogen (secondary N) is 1. The smallest absolute Gasteiger partial charge is 0.0909 e. The molecule has 2 heterocycles. The summed E-state index contributed by atoms with van der Waals surface area (Å²) in [6.45, 7) is 7.11. The summed E-state index contributed by atoms with van der Waals surface area (Å²) in [6, 6.07) is 0. The Balaban J connectivity index is 1.82. The van der Waals surface area contributed by atoms with Gasteiger partial charge in [-0.05, 0) is 39.5 Å². The molecule has 88 valence electrons. The zero-order valence-electron chi connectivity index (χ0n) is 9.71. The number of nitrogens with zero attached hydrogens (tertiary/aromatic N) is 2. The predicted molar refractivity (Wildman–Crippen MR) is 61.0 cm³/mol. The Morgan fingerprint density at radius 3 is 2.87 bits per heavy atom. The number of hydrogen-bond acceptors (Lipinski definition) is 4. The van der Waals surface area contributed by atoms with Gasteiger partial charge in [-0.2, -0.15) is 0 Å². The quantitative estimate of drug-likeness (QED) is 0.639. The van der Waals surface area contributed by atoms with Crippen molar-refractivity contribution >= 4 is 0 Å². The number of hydrogen-bond donors (Lipinski definition) is 2. The van der Waals surface area contributed by atoms with E-state index in [0.29, 0.717) is 0 Å². The normalized spacial score (nSPS) is 35.6. The van der Waals surface area contributed by atoms with Gasteiger partial charge < -0.3 is 15.3 Å². The lowest BCUT2D eigenvalue weighted by atomic mass is 10.0. The van der Waals surface area contributed by atoms with Gasteiger partial charge in [0.05, 0.1) is 5.60 Å². The van der Waals surface area contributed by atoms with E-state index in [4.69, 9.17) is 0 Å². The van der Waals surface area contributed by atoms with E-state index in [0.717, 1.165) is 45.7 Å². The van der Waals surface area contributed by atoms with Gasteiger partial charge in [0.1, 0.15) is 0 Å². The van der Waals surface area contributed by atoms with E-state index >= 15 is 0 Å². The van der Waals surface area contributed by atoms with E-state index in [1.165, 1.54) is 13.0 Å². The van der Waals surface area contributed by atoms with Crippen molar-refractivity contribution in [3.8, 4) is 0 Å². The summed E-state index contributed by atoms with van der Waals surface area (Å²) < 4.78 is 0. The van der Waals surface area contributed by atoms with E-state index < -0.39 is 5.60 Å². The van der Waals surface area contributed by atoms with Crippen molar-refractivity contribution in [3.05, 3.63) is 0 Å². The molecule has 0 aliphatic carbocycles. The van der Waals surface area contributed by atoms with Crippen molar-refractivity contribution < 1.29 is 5.11 Å². The van der Waals surface area contributed by atoms with Crippen LogP contribution in [0.2, 0.25) is 0 Å². The molecular weight excluding hydrogens is 190 g/mol. The summed E-state index contributed by atoms with van der Waals surface area (Å²) in [5.74, 6) is 0. The Kier molecular flexibility index (Phi) is 3.61. The fraction of sp³-hybridized carbons (Fsp3) is 1.00. The van der Waals surface area contributed by atoms with E-state index in [2.05, 4.69) is 22.2 Å². The summed E-state index contributed by atoms with van der Waals surface area (Å²) in [5, 5.41) is 13.5. The zero-order chi connectivity index (χ0) is 10.7. The van der Waals surface area contributed by atoms with Gasteiger partial charge in [0.25, 0.3) is 0 Å². The number of aliphatic hydroxyl groups is 1. The first kappa shape index (κ1) is 11.3. The molecule has 0 radical (unpaired) electrons. The fourth-order valence-corrected chi connectivity index (χ4v) is 2.54. The van der Waals surface area contributed by atoms with Crippen LogP contribution in [-0.4, -0.2) is 73.4 Å². The minimum atomic E-state index is -0.469. The minimum Gasteiger partial charge on any atom is -0.387 e. The first-order valence-electron chi connectivity index (χ1n) is 6.02. The zero-order valence-corrected chi connectivity index (χ0v) is 9.71. The molecule has 2 fully saturated rings. The maximum Gasteiger partial charge on any atom is 0.0909 e. The van der Waals surface area contributed by atoms with Crippen LogP contribution in [0.3, 0.4) is 0 Å². The molecule has 0 spiro atoms. The van der Waals surface area contributed by atoms with Crippen molar-refractivity contribution in [1.82, 2.24) is 15.1 Å². The molecule has 2 aliphatic heterocycles. The summed E-state index contributed by atoms with van der Waals surface area (Å²) in [4.78, 5) is 4.79. The van der Waals surface area contributed by atoms with E-state index in [1.807, 2.05) is 0 Å². The third-order valence-electron chi connectivity index (χ3n) is 3.55. The van der Waals surface area contributed by atoms with Crippen LogP contribution >= 0.6 is 0 Å². The van der Waals surface area contributed by atoms with Crippen LogP contribution in [0.15, 0.2) is 0 Å². The minimum absolute atomic E-state index is 0.469. The van der Waals surface area contributed by atoms with Crippen molar-refractivity contribution in [2.75, 3.05) is 52.9 Å². The molecule has 15 heavy (non-hydrogen) atoms. The van der Waals surface area contributed by atoms with Crippen LogP contribution in [0.25, 0.3) is 0 Å². The topological polar surface area (TPSA) is 38.7 Å². The van der Waals surface area contributed by atoms with Gasteiger partial charge in [0, 0.05) is 26.2 Å². The fourth-order valence-electron chi connectivity index (χ4n) is 2.54. The van der Waals surface area contributed by atoms with Gasteiger partial charge >= 0.3 is 0 Å². The van der Waals surface area contributed by atoms with Crippen LogP contribution in [0.5, 0.6) is 0 Å². The van der Waals surface area contributed by atoms with Crippen molar-refractivity contribution in [2.24, 2.45) is 0 Å². The van der Waals surface area contributed by atoms with Crippen molar-refractivity contribution in [1.29, 1.82) is 0 Å². The second kappa shape index (κ2) is 4.78. The van der Waals surface area contributed by atoms with Gasteiger partial charge in [0.15, 0.2) is 0 Å². The molecule has 0 aromatic rings. The lowest BCUT2D eigenvalue weighted by molar-refractivity contribution is 0.0221. The highest BCUT2D eigenvalue weighted by molar-refractivity contribution is 4.91.